The highest BCUT2D eigenvalue weighted by atomic mass is 79.9. The zero-order valence-corrected chi connectivity index (χ0v) is 22.6. The van der Waals surface area contributed by atoms with Crippen LogP contribution in [0, 0.1) is 0 Å². The Morgan fingerprint density at radius 3 is 1.50 bits per heavy atom. The molecule has 0 fully saturated rings. The molecule has 0 nitrogen and oxygen atoms in total. The fraction of sp³-hybridized carbons (Fsp3) is 0.273. The van der Waals surface area contributed by atoms with Gasteiger partial charge in [0.15, 0.2) is 0 Å². The minimum absolute atomic E-state index is 0.120. The molecule has 4 aromatic rings. The second-order valence-corrected chi connectivity index (χ2v) is 12.5. The van der Waals surface area contributed by atoms with Gasteiger partial charge in [0, 0.05) is 10.0 Å². The molecule has 0 aromatic heterocycles. The zero-order valence-electron chi connectivity index (χ0n) is 21.0. The number of halogens is 1. The highest BCUT2D eigenvalue weighted by Crippen LogP contribution is 2.57. The molecule has 34 heavy (non-hydrogen) atoms. The van der Waals surface area contributed by atoms with Gasteiger partial charge in [-0.2, -0.15) is 0 Å². The number of benzene rings is 4. The van der Waals surface area contributed by atoms with E-state index in [1.165, 1.54) is 44.5 Å². The van der Waals surface area contributed by atoms with Crippen molar-refractivity contribution in [2.24, 2.45) is 0 Å². The van der Waals surface area contributed by atoms with Crippen LogP contribution in [-0.2, 0) is 16.2 Å². The van der Waals surface area contributed by atoms with Crippen molar-refractivity contribution in [2.45, 2.75) is 57.8 Å². The predicted octanol–water partition coefficient (Wildman–Crippen LogP) is 9.41. The van der Waals surface area contributed by atoms with Crippen LogP contribution in [0.4, 0.5) is 0 Å². The van der Waals surface area contributed by atoms with Gasteiger partial charge in [-0.25, -0.2) is 0 Å². The van der Waals surface area contributed by atoms with Gasteiger partial charge in [-0.15, -0.1) is 0 Å². The standard InChI is InChI=1S/C33H33Br/c1-31(2,3)22-14-18-24(19-15-22)33(25-20-16-23(17-21-25)32(4,5)6)27-11-8-7-10-26(27)30-28(33)12-9-13-29(30)34/h7-21H,1-6H3. The first-order chi connectivity index (χ1) is 16.0. The zero-order chi connectivity index (χ0) is 24.3. The van der Waals surface area contributed by atoms with Crippen LogP contribution in [0.25, 0.3) is 11.1 Å². The van der Waals surface area contributed by atoms with Crippen molar-refractivity contribution in [3.63, 3.8) is 0 Å². The maximum absolute atomic E-state index is 3.89. The van der Waals surface area contributed by atoms with E-state index < -0.39 is 0 Å². The van der Waals surface area contributed by atoms with Gasteiger partial charge in [0.25, 0.3) is 0 Å². The molecule has 0 aliphatic heterocycles. The average molecular weight is 510 g/mol. The van der Waals surface area contributed by atoms with Gasteiger partial charge in [-0.3, -0.25) is 0 Å². The van der Waals surface area contributed by atoms with Gasteiger partial charge >= 0.3 is 0 Å². The predicted molar refractivity (Wildman–Crippen MR) is 149 cm³/mol. The summed E-state index contributed by atoms with van der Waals surface area (Å²) in [7, 11) is 0. The van der Waals surface area contributed by atoms with E-state index in [0.717, 1.165) is 4.47 Å². The molecule has 0 unspecified atom stereocenters. The van der Waals surface area contributed by atoms with Crippen LogP contribution < -0.4 is 0 Å². The number of fused-ring (bicyclic) bond motifs is 3. The summed E-state index contributed by atoms with van der Waals surface area (Å²) in [5, 5.41) is 0. The van der Waals surface area contributed by atoms with Gasteiger partial charge in [-0.05, 0) is 55.8 Å². The summed E-state index contributed by atoms with van der Waals surface area (Å²) in [6.07, 6.45) is 0. The molecular formula is C33H33Br. The van der Waals surface area contributed by atoms with Gasteiger partial charge in [0.2, 0.25) is 0 Å². The molecule has 1 heteroatoms. The minimum Gasteiger partial charge on any atom is -0.0619 e. The van der Waals surface area contributed by atoms with Crippen molar-refractivity contribution in [2.75, 3.05) is 0 Å². The van der Waals surface area contributed by atoms with E-state index in [2.05, 4.69) is 148 Å². The van der Waals surface area contributed by atoms with E-state index >= 15 is 0 Å². The highest BCUT2D eigenvalue weighted by Gasteiger charge is 2.46. The molecule has 172 valence electrons. The van der Waals surface area contributed by atoms with Crippen LogP contribution in [0.15, 0.2) is 95.5 Å². The molecule has 0 saturated heterocycles. The monoisotopic (exact) mass is 508 g/mol. The quantitative estimate of drug-likeness (QED) is 0.222. The van der Waals surface area contributed by atoms with Crippen LogP contribution in [0.2, 0.25) is 0 Å². The molecule has 4 aromatic carbocycles. The Labute approximate surface area is 213 Å². The lowest BCUT2D eigenvalue weighted by Gasteiger charge is -2.35. The first-order valence-electron chi connectivity index (χ1n) is 12.2. The lowest BCUT2D eigenvalue weighted by Crippen LogP contribution is -2.29. The second-order valence-electron chi connectivity index (χ2n) is 11.6. The van der Waals surface area contributed by atoms with E-state index in [4.69, 9.17) is 0 Å². The normalized spacial score (nSPS) is 14.6. The van der Waals surface area contributed by atoms with Crippen molar-refractivity contribution in [3.8, 4) is 11.1 Å². The molecule has 0 atom stereocenters. The van der Waals surface area contributed by atoms with Crippen molar-refractivity contribution in [3.05, 3.63) is 129 Å². The third-order valence-corrected chi connectivity index (χ3v) is 8.05. The first-order valence-corrected chi connectivity index (χ1v) is 12.9. The van der Waals surface area contributed by atoms with Gasteiger partial charge in [-0.1, -0.05) is 142 Å². The second kappa shape index (κ2) is 7.95. The first kappa shape index (κ1) is 23.1. The summed E-state index contributed by atoms with van der Waals surface area (Å²) in [6.45, 7) is 13.7. The topological polar surface area (TPSA) is 0 Å². The summed E-state index contributed by atoms with van der Waals surface area (Å²) >= 11 is 3.89. The summed E-state index contributed by atoms with van der Waals surface area (Å²) in [6, 6.07) is 34.3. The number of hydrogen-bond acceptors (Lipinski definition) is 0. The van der Waals surface area contributed by atoms with Crippen LogP contribution in [0.3, 0.4) is 0 Å². The van der Waals surface area contributed by atoms with Crippen LogP contribution >= 0.6 is 15.9 Å². The van der Waals surface area contributed by atoms with Gasteiger partial charge in [0.1, 0.15) is 0 Å². The summed E-state index contributed by atoms with van der Waals surface area (Å²) in [5.74, 6) is 0. The van der Waals surface area contributed by atoms with Crippen molar-refractivity contribution in [1.82, 2.24) is 0 Å². The van der Waals surface area contributed by atoms with Gasteiger partial charge in [0.05, 0.1) is 5.41 Å². The van der Waals surface area contributed by atoms with Crippen molar-refractivity contribution < 1.29 is 0 Å². The molecule has 0 amide bonds. The summed E-state index contributed by atoms with van der Waals surface area (Å²) in [4.78, 5) is 0. The molecule has 1 aliphatic rings. The Morgan fingerprint density at radius 2 is 1.00 bits per heavy atom. The highest BCUT2D eigenvalue weighted by molar-refractivity contribution is 9.10. The SMILES string of the molecule is CC(C)(C)c1ccc(C2(c3ccc(C(C)(C)C)cc3)c3ccccc3-c3c(Br)cccc32)cc1. The van der Waals surface area contributed by atoms with Crippen LogP contribution in [-0.4, -0.2) is 0 Å². The minimum atomic E-state index is -0.359. The molecule has 1 aliphatic carbocycles. The fourth-order valence-corrected chi connectivity index (χ4v) is 6.09. The Hall–Kier alpha value is -2.64. The largest absolute Gasteiger partial charge is 0.0713 e. The molecule has 0 N–H and O–H groups in total. The third-order valence-electron chi connectivity index (χ3n) is 7.39. The van der Waals surface area contributed by atoms with Crippen molar-refractivity contribution in [1.29, 1.82) is 0 Å². The number of hydrogen-bond donors (Lipinski definition) is 0. The van der Waals surface area contributed by atoms with E-state index in [9.17, 15) is 0 Å². The Kier molecular flexibility index (Phi) is 5.41. The molecule has 0 bridgehead atoms. The van der Waals surface area contributed by atoms with Crippen LogP contribution in [0.5, 0.6) is 0 Å². The molecule has 0 heterocycles. The van der Waals surface area contributed by atoms with E-state index in [1.807, 2.05) is 0 Å². The molecule has 0 spiro atoms. The molecule has 0 radical (unpaired) electrons. The summed E-state index contributed by atoms with van der Waals surface area (Å²) in [5.41, 5.74) is 10.5. The molecule has 0 saturated carbocycles. The van der Waals surface area contributed by atoms with Crippen LogP contribution in [0.1, 0.15) is 74.9 Å². The molecule has 5 rings (SSSR count). The van der Waals surface area contributed by atoms with Crippen molar-refractivity contribution >= 4 is 15.9 Å². The summed E-state index contributed by atoms with van der Waals surface area (Å²) < 4.78 is 1.15. The fourth-order valence-electron chi connectivity index (χ4n) is 5.51. The molecular weight excluding hydrogens is 476 g/mol. The smallest absolute Gasteiger partial charge is 0.0619 e. The lowest BCUT2D eigenvalue weighted by molar-refractivity contribution is 0.588. The maximum Gasteiger partial charge on any atom is 0.0713 e. The van der Waals surface area contributed by atoms with E-state index in [0.29, 0.717) is 0 Å². The average Bonchev–Trinajstić information content (AvgIpc) is 3.10. The Balaban J connectivity index is 1.86. The Bertz CT molecular complexity index is 1290. The van der Waals surface area contributed by atoms with E-state index in [1.54, 1.807) is 0 Å². The lowest BCUT2D eigenvalue weighted by atomic mass is 9.67. The van der Waals surface area contributed by atoms with E-state index in [-0.39, 0.29) is 16.2 Å². The third kappa shape index (κ3) is 3.48. The maximum atomic E-state index is 3.89. The Morgan fingerprint density at radius 1 is 0.529 bits per heavy atom. The number of rotatable bonds is 2. The van der Waals surface area contributed by atoms with Gasteiger partial charge < -0.3 is 0 Å².